The van der Waals surface area contributed by atoms with Gasteiger partial charge in [-0.2, -0.15) is 0 Å². The second-order valence-electron chi connectivity index (χ2n) is 6.48. The minimum absolute atomic E-state index is 0.144. The SMILES string of the molecule is CC(=O)c1cc(-c2ccc(C)cc2F)cc(C(O)c2cccnc2)c1.CCN. The molecule has 0 radical (unpaired) electrons. The molecule has 3 rings (SSSR count). The summed E-state index contributed by atoms with van der Waals surface area (Å²) in [5.41, 5.74) is 8.18. The van der Waals surface area contributed by atoms with Crippen molar-refractivity contribution in [3.05, 3.63) is 89.0 Å². The van der Waals surface area contributed by atoms with Crippen molar-refractivity contribution < 1.29 is 14.3 Å². The smallest absolute Gasteiger partial charge is 0.159 e. The van der Waals surface area contributed by atoms with Crippen LogP contribution in [0.1, 0.15) is 47.0 Å². The predicted octanol–water partition coefficient (Wildman–Crippen LogP) is 4.45. The van der Waals surface area contributed by atoms with Crippen molar-refractivity contribution in [1.82, 2.24) is 4.98 Å². The lowest BCUT2D eigenvalue weighted by Gasteiger charge is -2.15. The fourth-order valence-electron chi connectivity index (χ4n) is 2.75. The topological polar surface area (TPSA) is 76.2 Å². The number of hydrogen-bond acceptors (Lipinski definition) is 4. The molecule has 0 saturated carbocycles. The van der Waals surface area contributed by atoms with E-state index in [-0.39, 0.29) is 11.6 Å². The van der Waals surface area contributed by atoms with E-state index < -0.39 is 6.10 Å². The lowest BCUT2D eigenvalue weighted by Crippen LogP contribution is -2.03. The zero-order valence-electron chi connectivity index (χ0n) is 16.3. The highest BCUT2D eigenvalue weighted by Gasteiger charge is 2.16. The number of pyridine rings is 1. The molecule has 2 aromatic carbocycles. The van der Waals surface area contributed by atoms with Gasteiger partial charge in [-0.25, -0.2) is 4.39 Å². The average Bonchev–Trinajstić information content (AvgIpc) is 2.68. The van der Waals surface area contributed by atoms with Crippen molar-refractivity contribution in [2.75, 3.05) is 6.54 Å². The molecule has 1 heterocycles. The second kappa shape index (κ2) is 9.88. The van der Waals surface area contributed by atoms with Crippen molar-refractivity contribution in [2.45, 2.75) is 26.9 Å². The Morgan fingerprint density at radius 1 is 1.18 bits per heavy atom. The van der Waals surface area contributed by atoms with Gasteiger partial charge in [0.15, 0.2) is 5.78 Å². The van der Waals surface area contributed by atoms with E-state index in [4.69, 9.17) is 5.73 Å². The van der Waals surface area contributed by atoms with Crippen molar-refractivity contribution in [2.24, 2.45) is 5.73 Å². The maximum atomic E-state index is 14.4. The van der Waals surface area contributed by atoms with Crippen LogP contribution < -0.4 is 5.73 Å². The third kappa shape index (κ3) is 5.31. The van der Waals surface area contributed by atoms with Gasteiger partial charge in [-0.3, -0.25) is 9.78 Å². The molecule has 1 atom stereocenters. The van der Waals surface area contributed by atoms with Crippen LogP contribution in [0.5, 0.6) is 0 Å². The molecule has 0 saturated heterocycles. The fraction of sp³-hybridized carbons (Fsp3) is 0.217. The first-order valence-corrected chi connectivity index (χ1v) is 9.07. The third-order valence-corrected chi connectivity index (χ3v) is 4.11. The summed E-state index contributed by atoms with van der Waals surface area (Å²) in [6.45, 7) is 5.92. The number of aryl methyl sites for hydroxylation is 1. The molecule has 4 nitrogen and oxygen atoms in total. The summed E-state index contributed by atoms with van der Waals surface area (Å²) in [7, 11) is 0. The van der Waals surface area contributed by atoms with Crippen molar-refractivity contribution in [1.29, 1.82) is 0 Å². The zero-order chi connectivity index (χ0) is 20.7. The Balaban J connectivity index is 0.000000878. The Kier molecular flexibility index (Phi) is 7.55. The normalized spacial score (nSPS) is 11.4. The Bertz CT molecular complexity index is 943. The molecule has 1 unspecified atom stereocenters. The van der Waals surface area contributed by atoms with Gasteiger partial charge in [0.1, 0.15) is 11.9 Å². The molecule has 0 aliphatic heterocycles. The Morgan fingerprint density at radius 2 is 1.89 bits per heavy atom. The van der Waals surface area contributed by atoms with Crippen LogP contribution in [-0.2, 0) is 0 Å². The van der Waals surface area contributed by atoms with E-state index in [0.29, 0.717) is 27.8 Å². The lowest BCUT2D eigenvalue weighted by atomic mass is 9.93. The van der Waals surface area contributed by atoms with Crippen LogP contribution in [0, 0.1) is 12.7 Å². The van der Waals surface area contributed by atoms with E-state index in [0.717, 1.165) is 12.1 Å². The Hall–Kier alpha value is -2.89. The van der Waals surface area contributed by atoms with Crippen LogP contribution in [0.3, 0.4) is 0 Å². The minimum atomic E-state index is -0.944. The molecule has 3 N–H and O–H groups in total. The van der Waals surface area contributed by atoms with Crippen molar-refractivity contribution >= 4 is 5.78 Å². The molecule has 0 spiro atoms. The number of nitrogens with zero attached hydrogens (tertiary/aromatic N) is 1. The van der Waals surface area contributed by atoms with E-state index in [1.165, 1.54) is 13.0 Å². The number of benzene rings is 2. The Labute approximate surface area is 164 Å². The first-order valence-electron chi connectivity index (χ1n) is 9.07. The average molecular weight is 380 g/mol. The number of rotatable bonds is 4. The molecule has 0 amide bonds. The van der Waals surface area contributed by atoms with E-state index >= 15 is 0 Å². The summed E-state index contributed by atoms with van der Waals surface area (Å²) >= 11 is 0. The van der Waals surface area contributed by atoms with E-state index in [2.05, 4.69) is 4.98 Å². The number of carbonyl (C=O) groups excluding carboxylic acids is 1. The van der Waals surface area contributed by atoms with Gasteiger partial charge in [0.05, 0.1) is 0 Å². The largest absolute Gasteiger partial charge is 0.384 e. The van der Waals surface area contributed by atoms with Gasteiger partial charge >= 0.3 is 0 Å². The fourth-order valence-corrected chi connectivity index (χ4v) is 2.75. The summed E-state index contributed by atoms with van der Waals surface area (Å²) in [5.74, 6) is -0.503. The highest BCUT2D eigenvalue weighted by atomic mass is 19.1. The van der Waals surface area contributed by atoms with Gasteiger partial charge in [-0.1, -0.05) is 25.1 Å². The van der Waals surface area contributed by atoms with Crippen LogP contribution in [0.2, 0.25) is 0 Å². The summed E-state index contributed by atoms with van der Waals surface area (Å²) < 4.78 is 14.4. The van der Waals surface area contributed by atoms with Crippen LogP contribution in [-0.4, -0.2) is 22.4 Å². The van der Waals surface area contributed by atoms with Gasteiger partial charge in [-0.15, -0.1) is 0 Å². The van der Waals surface area contributed by atoms with Crippen molar-refractivity contribution in [3.63, 3.8) is 0 Å². The van der Waals surface area contributed by atoms with E-state index in [1.807, 2.05) is 19.9 Å². The first-order chi connectivity index (χ1) is 13.4. The van der Waals surface area contributed by atoms with Gasteiger partial charge in [0.25, 0.3) is 0 Å². The minimum Gasteiger partial charge on any atom is -0.384 e. The van der Waals surface area contributed by atoms with Gasteiger partial charge in [-0.05, 0) is 67.4 Å². The number of nitrogens with two attached hydrogens (primary N) is 1. The molecular weight excluding hydrogens is 355 g/mol. The molecule has 0 aliphatic carbocycles. The second-order valence-corrected chi connectivity index (χ2v) is 6.48. The molecule has 0 bridgehead atoms. The number of carbonyl (C=O) groups is 1. The van der Waals surface area contributed by atoms with Crippen molar-refractivity contribution in [3.8, 4) is 11.1 Å². The zero-order valence-corrected chi connectivity index (χ0v) is 16.3. The predicted molar refractivity (Wildman–Crippen MR) is 110 cm³/mol. The lowest BCUT2D eigenvalue weighted by molar-refractivity contribution is 0.101. The van der Waals surface area contributed by atoms with Gasteiger partial charge in [0.2, 0.25) is 0 Å². The number of aliphatic hydroxyl groups is 1. The molecule has 0 fully saturated rings. The summed E-state index contributed by atoms with van der Waals surface area (Å²) in [6, 6.07) is 13.4. The summed E-state index contributed by atoms with van der Waals surface area (Å²) in [6.07, 6.45) is 2.24. The number of halogens is 1. The first kappa shape index (κ1) is 21.4. The molecular formula is C23H25FN2O2. The van der Waals surface area contributed by atoms with Crippen LogP contribution in [0.4, 0.5) is 4.39 Å². The number of hydrogen-bond donors (Lipinski definition) is 2. The maximum Gasteiger partial charge on any atom is 0.159 e. The standard InChI is InChI=1S/C21H18FNO2.C2H7N/c1-13-5-6-19(20(22)8-13)17-9-16(14(2)24)10-18(11-17)21(25)15-4-3-7-23-12-15;1-2-3/h3-12,21,25H,1-2H3;2-3H2,1H3. The van der Waals surface area contributed by atoms with Crippen LogP contribution >= 0.6 is 0 Å². The quantitative estimate of drug-likeness (QED) is 0.656. The Morgan fingerprint density at radius 3 is 2.46 bits per heavy atom. The number of aliphatic hydroxyl groups excluding tert-OH is 1. The maximum absolute atomic E-state index is 14.4. The molecule has 0 aliphatic rings. The number of ketones is 1. The number of aromatic nitrogens is 1. The van der Waals surface area contributed by atoms with Gasteiger partial charge in [0, 0.05) is 29.1 Å². The molecule has 28 heavy (non-hydrogen) atoms. The summed E-state index contributed by atoms with van der Waals surface area (Å²) in [4.78, 5) is 15.9. The highest BCUT2D eigenvalue weighted by molar-refractivity contribution is 5.95. The molecule has 1 aromatic heterocycles. The highest BCUT2D eigenvalue weighted by Crippen LogP contribution is 2.30. The molecule has 5 heteroatoms. The van der Waals surface area contributed by atoms with Crippen LogP contribution in [0.25, 0.3) is 11.1 Å². The number of Topliss-reactive ketones (excluding diaryl/α,β-unsaturated/α-hetero) is 1. The molecule has 3 aromatic rings. The van der Waals surface area contributed by atoms with Gasteiger partial charge < -0.3 is 10.8 Å². The van der Waals surface area contributed by atoms with E-state index in [9.17, 15) is 14.3 Å². The third-order valence-electron chi connectivity index (χ3n) is 4.11. The summed E-state index contributed by atoms with van der Waals surface area (Å²) in [5, 5.41) is 10.6. The molecule has 146 valence electrons. The van der Waals surface area contributed by atoms with E-state index in [1.54, 1.807) is 48.8 Å². The van der Waals surface area contributed by atoms with Crippen LogP contribution in [0.15, 0.2) is 60.9 Å². The monoisotopic (exact) mass is 380 g/mol.